The highest BCUT2D eigenvalue weighted by molar-refractivity contribution is 6.11. The normalized spacial score (nSPS) is 11.3. The van der Waals surface area contributed by atoms with Crippen LogP contribution in [0.15, 0.2) is 237 Å². The molecule has 7 heteroatoms. The zero-order chi connectivity index (χ0) is 44.5. The van der Waals surface area contributed by atoms with Gasteiger partial charge in [0.1, 0.15) is 0 Å². The summed E-state index contributed by atoms with van der Waals surface area (Å²) in [4.78, 5) is 31.2. The van der Waals surface area contributed by atoms with Crippen LogP contribution in [0.1, 0.15) is 0 Å². The highest BCUT2D eigenvalue weighted by Gasteiger charge is 2.21. The van der Waals surface area contributed by atoms with E-state index in [1.54, 1.807) is 0 Å². The molecule has 0 aliphatic rings. The Bertz CT molecular complexity index is 3670. The molecule has 12 rings (SSSR count). The first-order valence-electron chi connectivity index (χ1n) is 22.3. The summed E-state index contributed by atoms with van der Waals surface area (Å²) in [5, 5.41) is 2.31. The Kier molecular flexibility index (Phi) is 10.0. The Morgan fingerprint density at radius 1 is 0.224 bits per heavy atom. The zero-order valence-electron chi connectivity index (χ0n) is 36.1. The maximum Gasteiger partial charge on any atom is 0.164 e. The van der Waals surface area contributed by atoms with Crippen LogP contribution in [0.3, 0.4) is 0 Å². The van der Waals surface area contributed by atoms with E-state index < -0.39 is 0 Å². The molecule has 67 heavy (non-hydrogen) atoms. The number of hydrogen-bond acceptors (Lipinski definition) is 6. The van der Waals surface area contributed by atoms with Gasteiger partial charge in [0.25, 0.3) is 0 Å². The highest BCUT2D eigenvalue weighted by atomic mass is 15.0. The molecule has 0 N–H and O–H groups in total. The summed E-state index contributed by atoms with van der Waals surface area (Å²) >= 11 is 0. The topological polar surface area (TPSA) is 82.3 Å². The zero-order valence-corrected chi connectivity index (χ0v) is 36.1. The lowest BCUT2D eigenvalue weighted by atomic mass is 9.95. The molecule has 0 aliphatic heterocycles. The molecule has 0 saturated heterocycles. The second kappa shape index (κ2) is 17.1. The Labute approximate surface area is 387 Å². The minimum atomic E-state index is 0.529. The molecule has 0 saturated carbocycles. The number of benzene rings is 9. The molecule has 3 heterocycles. The Morgan fingerprint density at radius 2 is 0.627 bits per heavy atom. The predicted molar refractivity (Wildman–Crippen MR) is 271 cm³/mol. The van der Waals surface area contributed by atoms with Gasteiger partial charge < -0.3 is 4.57 Å². The molecule has 0 fully saturated rings. The van der Waals surface area contributed by atoms with Crippen molar-refractivity contribution in [3.63, 3.8) is 0 Å². The van der Waals surface area contributed by atoms with Crippen molar-refractivity contribution in [2.24, 2.45) is 0 Å². The minimum absolute atomic E-state index is 0.529. The van der Waals surface area contributed by atoms with E-state index in [4.69, 9.17) is 29.9 Å². The van der Waals surface area contributed by atoms with Crippen LogP contribution in [0.2, 0.25) is 0 Å². The molecule has 314 valence electrons. The van der Waals surface area contributed by atoms with Crippen molar-refractivity contribution >= 4 is 21.8 Å². The second-order valence-electron chi connectivity index (χ2n) is 16.3. The number of rotatable bonds is 9. The van der Waals surface area contributed by atoms with Crippen LogP contribution in [-0.2, 0) is 0 Å². The molecule has 0 spiro atoms. The van der Waals surface area contributed by atoms with Gasteiger partial charge >= 0.3 is 0 Å². The van der Waals surface area contributed by atoms with Crippen molar-refractivity contribution in [3.8, 4) is 96.3 Å². The lowest BCUT2D eigenvalue weighted by Crippen LogP contribution is -2.03. The molecular formula is C60H39N7. The van der Waals surface area contributed by atoms with E-state index in [0.29, 0.717) is 34.9 Å². The van der Waals surface area contributed by atoms with Gasteiger partial charge in [0.2, 0.25) is 0 Å². The van der Waals surface area contributed by atoms with Crippen LogP contribution < -0.4 is 0 Å². The van der Waals surface area contributed by atoms with Crippen LogP contribution >= 0.6 is 0 Å². The summed E-state index contributed by atoms with van der Waals surface area (Å²) in [5.74, 6) is 3.37. The van der Waals surface area contributed by atoms with Crippen LogP contribution in [0.5, 0.6) is 0 Å². The first-order valence-corrected chi connectivity index (χ1v) is 22.3. The third-order valence-corrected chi connectivity index (χ3v) is 12.1. The van der Waals surface area contributed by atoms with E-state index in [9.17, 15) is 0 Å². The van der Waals surface area contributed by atoms with Gasteiger partial charge in [-0.15, -0.1) is 0 Å². The first-order chi connectivity index (χ1) is 33.2. The highest BCUT2D eigenvalue weighted by Crippen LogP contribution is 2.40. The number of para-hydroxylation sites is 2. The molecule has 9 aromatic carbocycles. The Morgan fingerprint density at radius 3 is 1.21 bits per heavy atom. The van der Waals surface area contributed by atoms with Crippen molar-refractivity contribution in [2.75, 3.05) is 0 Å². The average molecular weight is 858 g/mol. The SMILES string of the molecule is c1ccc(-c2nc(-c3ccc(-c4ccc5c(c4)c4ccccc4n5-c4ccccc4)c(-c4nc(-c5ccccc5)nc(-c5ccccc5)n4)c3)nc(-c3ccccc3-c3ccccc3)n2)cc1. The van der Waals surface area contributed by atoms with E-state index in [1.807, 2.05) is 103 Å². The molecule has 0 bridgehead atoms. The van der Waals surface area contributed by atoms with Crippen molar-refractivity contribution in [3.05, 3.63) is 237 Å². The summed E-state index contributed by atoms with van der Waals surface area (Å²) in [7, 11) is 0. The maximum atomic E-state index is 5.28. The van der Waals surface area contributed by atoms with E-state index in [1.165, 1.54) is 5.39 Å². The van der Waals surface area contributed by atoms with Gasteiger partial charge in [0.15, 0.2) is 34.9 Å². The third-order valence-electron chi connectivity index (χ3n) is 12.1. The molecular weight excluding hydrogens is 819 g/mol. The Balaban J connectivity index is 1.11. The fourth-order valence-electron chi connectivity index (χ4n) is 8.93. The van der Waals surface area contributed by atoms with Gasteiger partial charge in [-0.1, -0.05) is 200 Å². The summed E-state index contributed by atoms with van der Waals surface area (Å²) in [6.45, 7) is 0. The van der Waals surface area contributed by atoms with Crippen LogP contribution in [0.25, 0.3) is 118 Å². The van der Waals surface area contributed by atoms with Crippen molar-refractivity contribution in [1.29, 1.82) is 0 Å². The van der Waals surface area contributed by atoms with Crippen molar-refractivity contribution in [1.82, 2.24) is 34.5 Å². The summed E-state index contributed by atoms with van der Waals surface area (Å²) in [5.41, 5.74) is 12.6. The van der Waals surface area contributed by atoms with Crippen molar-refractivity contribution < 1.29 is 0 Å². The quantitative estimate of drug-likeness (QED) is 0.144. The van der Waals surface area contributed by atoms with Crippen LogP contribution in [0.4, 0.5) is 0 Å². The van der Waals surface area contributed by atoms with E-state index in [-0.39, 0.29) is 0 Å². The monoisotopic (exact) mass is 857 g/mol. The van der Waals surface area contributed by atoms with Gasteiger partial charge in [0, 0.05) is 49.8 Å². The number of nitrogens with zero attached hydrogens (tertiary/aromatic N) is 7. The fraction of sp³-hybridized carbons (Fsp3) is 0. The number of hydrogen-bond donors (Lipinski definition) is 0. The standard InChI is InChI=1S/C60H39N7/c1-6-20-40(21-7-1)47-30-16-17-32-50(47)59-63-57(43-26-12-4-13-27-43)62-58(66-59)45-34-36-48(44-35-37-54-51(38-44)49-31-18-19-33-53(49)67(54)46-28-14-5-15-29-46)52(39-45)60-64-55(41-22-8-2-9-23-41)61-56(65-60)42-24-10-3-11-25-42/h1-39H. The predicted octanol–water partition coefficient (Wildman–Crippen LogP) is 14.5. The van der Waals surface area contributed by atoms with Gasteiger partial charge in [-0.3, -0.25) is 0 Å². The van der Waals surface area contributed by atoms with Gasteiger partial charge in [-0.2, -0.15) is 0 Å². The lowest BCUT2D eigenvalue weighted by molar-refractivity contribution is 1.07. The summed E-state index contributed by atoms with van der Waals surface area (Å²) in [6.07, 6.45) is 0. The average Bonchev–Trinajstić information content (AvgIpc) is 3.75. The van der Waals surface area contributed by atoms with Gasteiger partial charge in [-0.05, 0) is 58.7 Å². The molecule has 12 aromatic rings. The fourth-order valence-corrected chi connectivity index (χ4v) is 8.93. The van der Waals surface area contributed by atoms with Gasteiger partial charge in [-0.25, -0.2) is 29.9 Å². The summed E-state index contributed by atoms with van der Waals surface area (Å²) < 4.78 is 2.33. The van der Waals surface area contributed by atoms with Gasteiger partial charge in [0.05, 0.1) is 11.0 Å². The minimum Gasteiger partial charge on any atom is -0.309 e. The van der Waals surface area contributed by atoms with Crippen molar-refractivity contribution in [2.45, 2.75) is 0 Å². The number of fused-ring (bicyclic) bond motifs is 3. The lowest BCUT2D eigenvalue weighted by Gasteiger charge is -2.15. The summed E-state index contributed by atoms with van der Waals surface area (Å²) in [6, 6.07) is 81.1. The smallest absolute Gasteiger partial charge is 0.164 e. The molecule has 0 amide bonds. The molecule has 3 aromatic heterocycles. The molecule has 0 unspecified atom stereocenters. The molecule has 0 radical (unpaired) electrons. The van der Waals surface area contributed by atoms with Crippen LogP contribution in [-0.4, -0.2) is 34.5 Å². The van der Waals surface area contributed by atoms with E-state index >= 15 is 0 Å². The molecule has 0 aliphatic carbocycles. The maximum absolute atomic E-state index is 5.28. The molecule has 0 atom stereocenters. The number of aromatic nitrogens is 7. The van der Waals surface area contributed by atoms with Crippen LogP contribution in [0, 0.1) is 0 Å². The van der Waals surface area contributed by atoms with E-state index in [0.717, 1.165) is 77.7 Å². The Hall–Kier alpha value is -9.20. The third kappa shape index (κ3) is 7.50. The molecule has 7 nitrogen and oxygen atoms in total. The second-order valence-corrected chi connectivity index (χ2v) is 16.3. The largest absolute Gasteiger partial charge is 0.309 e. The first kappa shape index (κ1) is 39.4. The van der Waals surface area contributed by atoms with E-state index in [2.05, 4.69) is 138 Å².